The van der Waals surface area contributed by atoms with Crippen molar-refractivity contribution in [3.63, 3.8) is 0 Å². The van der Waals surface area contributed by atoms with Gasteiger partial charge < -0.3 is 14.6 Å². The van der Waals surface area contributed by atoms with Crippen molar-refractivity contribution in [3.05, 3.63) is 51.5 Å². The predicted octanol–water partition coefficient (Wildman–Crippen LogP) is 4.50. The van der Waals surface area contributed by atoms with Crippen LogP contribution in [0.5, 0.6) is 17.2 Å². The minimum absolute atomic E-state index is 0.156. The number of methoxy groups -OCH3 is 1. The third-order valence-corrected chi connectivity index (χ3v) is 4.32. The van der Waals surface area contributed by atoms with E-state index >= 15 is 0 Å². The third kappa shape index (κ3) is 3.11. The number of fused-ring (bicyclic) bond motifs is 1. The minimum atomic E-state index is 0.156. The summed E-state index contributed by atoms with van der Waals surface area (Å²) in [5.41, 5.74) is 2.08. The van der Waals surface area contributed by atoms with Crippen molar-refractivity contribution in [1.29, 1.82) is 0 Å². The molecule has 0 aromatic heterocycles. The molecule has 116 valence electrons. The first-order valence-electron chi connectivity index (χ1n) is 7.03. The first-order valence-corrected chi connectivity index (χ1v) is 7.79. The van der Waals surface area contributed by atoms with Crippen molar-refractivity contribution in [2.24, 2.45) is 5.92 Å². The molecule has 2 aromatic carbocycles. The molecule has 1 atom stereocenters. The molecule has 0 saturated heterocycles. The Balaban J connectivity index is 1.76. The van der Waals surface area contributed by atoms with E-state index in [9.17, 15) is 5.11 Å². The zero-order valence-electron chi connectivity index (χ0n) is 12.1. The number of ether oxygens (including phenoxy) is 2. The van der Waals surface area contributed by atoms with E-state index in [1.165, 1.54) is 7.11 Å². The van der Waals surface area contributed by atoms with Crippen LogP contribution in [0.2, 0.25) is 10.0 Å². The molecule has 0 fully saturated rings. The van der Waals surface area contributed by atoms with Crippen molar-refractivity contribution >= 4 is 23.2 Å². The molecular formula is C17H16Cl2O3. The van der Waals surface area contributed by atoms with Crippen molar-refractivity contribution in [3.8, 4) is 17.2 Å². The minimum Gasteiger partial charge on any atom is -0.504 e. The van der Waals surface area contributed by atoms with Gasteiger partial charge in [0.2, 0.25) is 0 Å². The van der Waals surface area contributed by atoms with Gasteiger partial charge in [-0.2, -0.15) is 0 Å². The second-order valence-corrected chi connectivity index (χ2v) is 6.31. The largest absolute Gasteiger partial charge is 0.504 e. The molecule has 0 saturated carbocycles. The first-order chi connectivity index (χ1) is 10.6. The monoisotopic (exact) mass is 338 g/mol. The van der Waals surface area contributed by atoms with E-state index in [4.69, 9.17) is 32.7 Å². The van der Waals surface area contributed by atoms with Gasteiger partial charge in [-0.05, 0) is 48.2 Å². The molecule has 1 aliphatic rings. The number of benzene rings is 2. The Labute approximate surface area is 139 Å². The second-order valence-electron chi connectivity index (χ2n) is 5.47. The zero-order valence-corrected chi connectivity index (χ0v) is 13.6. The Hall–Kier alpha value is -1.58. The SMILES string of the molecule is COc1ccc(CC2COc3c(Cl)cc(Cl)cc3C2)cc1O. The predicted molar refractivity (Wildman–Crippen MR) is 87.5 cm³/mol. The molecule has 0 bridgehead atoms. The number of hydrogen-bond acceptors (Lipinski definition) is 3. The maximum Gasteiger partial charge on any atom is 0.160 e. The molecule has 3 rings (SSSR count). The Bertz CT molecular complexity index is 701. The highest BCUT2D eigenvalue weighted by Crippen LogP contribution is 2.38. The van der Waals surface area contributed by atoms with Gasteiger partial charge in [0.1, 0.15) is 5.75 Å². The average Bonchev–Trinajstić information content (AvgIpc) is 2.47. The van der Waals surface area contributed by atoms with Crippen LogP contribution in [0.15, 0.2) is 30.3 Å². The molecule has 1 N–H and O–H groups in total. The molecule has 1 heterocycles. The summed E-state index contributed by atoms with van der Waals surface area (Å²) in [5, 5.41) is 11.0. The first kappa shape index (κ1) is 15.3. The van der Waals surface area contributed by atoms with E-state index in [0.717, 1.165) is 29.7 Å². The molecule has 0 spiro atoms. The molecule has 5 heteroatoms. The van der Waals surface area contributed by atoms with Crippen LogP contribution in [0, 0.1) is 5.92 Å². The Morgan fingerprint density at radius 2 is 2.09 bits per heavy atom. The maximum atomic E-state index is 9.86. The van der Waals surface area contributed by atoms with E-state index in [0.29, 0.717) is 28.3 Å². The molecule has 3 nitrogen and oxygen atoms in total. The molecular weight excluding hydrogens is 323 g/mol. The van der Waals surface area contributed by atoms with Gasteiger partial charge in [0.15, 0.2) is 11.5 Å². The number of phenols is 1. The van der Waals surface area contributed by atoms with Gasteiger partial charge in [-0.25, -0.2) is 0 Å². The van der Waals surface area contributed by atoms with E-state index in [1.54, 1.807) is 18.2 Å². The van der Waals surface area contributed by atoms with Crippen LogP contribution in [0.4, 0.5) is 0 Å². The van der Waals surface area contributed by atoms with E-state index in [2.05, 4.69) is 0 Å². The zero-order chi connectivity index (χ0) is 15.7. The summed E-state index contributed by atoms with van der Waals surface area (Å²) in [5.74, 6) is 1.69. The van der Waals surface area contributed by atoms with Crippen LogP contribution in [-0.2, 0) is 12.8 Å². The van der Waals surface area contributed by atoms with Crippen LogP contribution in [0.1, 0.15) is 11.1 Å². The number of aromatic hydroxyl groups is 1. The van der Waals surface area contributed by atoms with Gasteiger partial charge in [0.05, 0.1) is 18.7 Å². The van der Waals surface area contributed by atoms with Crippen LogP contribution in [0.3, 0.4) is 0 Å². The average molecular weight is 339 g/mol. The van der Waals surface area contributed by atoms with Gasteiger partial charge in [0, 0.05) is 10.9 Å². The Morgan fingerprint density at radius 1 is 1.27 bits per heavy atom. The summed E-state index contributed by atoms with van der Waals surface area (Å²) < 4.78 is 10.9. The molecule has 0 amide bonds. The second kappa shape index (κ2) is 6.27. The normalized spacial score (nSPS) is 16.8. The summed E-state index contributed by atoms with van der Waals surface area (Å²) in [4.78, 5) is 0. The maximum absolute atomic E-state index is 9.86. The van der Waals surface area contributed by atoms with Gasteiger partial charge >= 0.3 is 0 Å². The lowest BCUT2D eigenvalue weighted by atomic mass is 9.91. The molecule has 0 radical (unpaired) electrons. The summed E-state index contributed by atoms with van der Waals surface area (Å²) in [7, 11) is 1.54. The summed E-state index contributed by atoms with van der Waals surface area (Å²) in [6.07, 6.45) is 1.66. The number of halogens is 2. The lowest BCUT2D eigenvalue weighted by Crippen LogP contribution is -2.23. The fourth-order valence-corrected chi connectivity index (χ4v) is 3.42. The third-order valence-electron chi connectivity index (χ3n) is 3.82. The van der Waals surface area contributed by atoms with Gasteiger partial charge in [-0.1, -0.05) is 29.3 Å². The van der Waals surface area contributed by atoms with E-state index in [1.807, 2.05) is 12.1 Å². The van der Waals surface area contributed by atoms with E-state index in [-0.39, 0.29) is 5.75 Å². The van der Waals surface area contributed by atoms with Crippen molar-refractivity contribution < 1.29 is 14.6 Å². The lowest BCUT2D eigenvalue weighted by molar-refractivity contribution is 0.221. The number of hydrogen-bond donors (Lipinski definition) is 1. The van der Waals surface area contributed by atoms with Crippen molar-refractivity contribution in [2.45, 2.75) is 12.8 Å². The lowest BCUT2D eigenvalue weighted by Gasteiger charge is -2.26. The number of phenolic OH excluding ortho intramolecular Hbond substituents is 1. The standard InChI is InChI=1S/C17H16Cl2O3/c1-21-16-3-2-10(6-15(16)20)4-11-5-12-7-13(18)8-14(19)17(12)22-9-11/h2-3,6-8,11,20H,4-5,9H2,1H3. The van der Waals surface area contributed by atoms with E-state index < -0.39 is 0 Å². The quantitative estimate of drug-likeness (QED) is 0.895. The highest BCUT2D eigenvalue weighted by atomic mass is 35.5. The topological polar surface area (TPSA) is 38.7 Å². The van der Waals surface area contributed by atoms with Crippen LogP contribution in [0.25, 0.3) is 0 Å². The van der Waals surface area contributed by atoms with Crippen LogP contribution in [-0.4, -0.2) is 18.8 Å². The van der Waals surface area contributed by atoms with Gasteiger partial charge in [-0.3, -0.25) is 0 Å². The van der Waals surface area contributed by atoms with Crippen molar-refractivity contribution in [2.75, 3.05) is 13.7 Å². The van der Waals surface area contributed by atoms with Crippen molar-refractivity contribution in [1.82, 2.24) is 0 Å². The van der Waals surface area contributed by atoms with Crippen LogP contribution >= 0.6 is 23.2 Å². The molecule has 1 aliphatic heterocycles. The fraction of sp³-hybridized carbons (Fsp3) is 0.294. The molecule has 22 heavy (non-hydrogen) atoms. The molecule has 1 unspecified atom stereocenters. The van der Waals surface area contributed by atoms with Crippen LogP contribution < -0.4 is 9.47 Å². The van der Waals surface area contributed by atoms with Gasteiger partial charge in [0.25, 0.3) is 0 Å². The Morgan fingerprint density at radius 3 is 2.82 bits per heavy atom. The summed E-state index contributed by atoms with van der Waals surface area (Å²) in [6.45, 7) is 0.598. The molecule has 2 aromatic rings. The number of rotatable bonds is 3. The molecule has 0 aliphatic carbocycles. The summed E-state index contributed by atoms with van der Waals surface area (Å²) >= 11 is 12.2. The Kier molecular flexibility index (Phi) is 4.37. The van der Waals surface area contributed by atoms with Gasteiger partial charge in [-0.15, -0.1) is 0 Å². The summed E-state index contributed by atoms with van der Waals surface area (Å²) in [6, 6.07) is 9.07. The highest BCUT2D eigenvalue weighted by molar-refractivity contribution is 6.35. The fourth-order valence-electron chi connectivity index (χ4n) is 2.82. The smallest absolute Gasteiger partial charge is 0.160 e. The highest BCUT2D eigenvalue weighted by Gasteiger charge is 2.23.